The highest BCUT2D eigenvalue weighted by molar-refractivity contribution is 7.97. The first kappa shape index (κ1) is 10.4. The second-order valence-electron chi connectivity index (χ2n) is 2.65. The summed E-state index contributed by atoms with van der Waals surface area (Å²) in [7, 11) is 1.64. The summed E-state index contributed by atoms with van der Waals surface area (Å²) in [6.07, 6.45) is 0. The van der Waals surface area contributed by atoms with E-state index in [4.69, 9.17) is 11.6 Å². The minimum Gasteiger partial charge on any atom is -0.272 e. The van der Waals surface area contributed by atoms with Crippen molar-refractivity contribution in [3.8, 4) is 0 Å². The van der Waals surface area contributed by atoms with Crippen molar-refractivity contribution in [3.63, 3.8) is 0 Å². The third kappa shape index (κ3) is 3.28. The second-order valence-corrected chi connectivity index (χ2v) is 4.18. The number of benzene rings is 1. The van der Waals surface area contributed by atoms with Crippen molar-refractivity contribution in [1.82, 2.24) is 4.31 Å². The van der Waals surface area contributed by atoms with E-state index in [1.165, 1.54) is 21.8 Å². The third-order valence-electron chi connectivity index (χ3n) is 1.51. The topological polar surface area (TPSA) is 20.3 Å². The molecule has 4 heteroatoms. The number of hydrogen-bond donors (Lipinski definition) is 0. The first-order valence-corrected chi connectivity index (χ1v) is 4.92. The predicted molar refractivity (Wildman–Crippen MR) is 56.0 cm³/mol. The van der Waals surface area contributed by atoms with Gasteiger partial charge in [0.15, 0.2) is 0 Å². The summed E-state index contributed by atoms with van der Waals surface area (Å²) in [4.78, 5) is 11.7. The van der Waals surface area contributed by atoms with E-state index >= 15 is 0 Å². The SMILES string of the molecule is Cc1ccc(SN(C)C(=O)Cl)cc1. The molecule has 0 fully saturated rings. The number of halogens is 1. The predicted octanol–water partition coefficient (Wildman–Crippen LogP) is 3.29. The molecule has 70 valence electrons. The molecule has 0 bridgehead atoms. The van der Waals surface area contributed by atoms with Crippen LogP contribution in [0.2, 0.25) is 0 Å². The van der Waals surface area contributed by atoms with Crippen LogP contribution in [-0.2, 0) is 0 Å². The molecule has 0 N–H and O–H groups in total. The first-order chi connectivity index (χ1) is 6.09. The highest BCUT2D eigenvalue weighted by atomic mass is 35.5. The van der Waals surface area contributed by atoms with Crippen LogP contribution in [0.3, 0.4) is 0 Å². The van der Waals surface area contributed by atoms with Gasteiger partial charge in [-0.2, -0.15) is 0 Å². The molecule has 13 heavy (non-hydrogen) atoms. The minimum atomic E-state index is -0.467. The number of aryl methyl sites for hydroxylation is 1. The van der Waals surface area contributed by atoms with Crippen LogP contribution in [0.5, 0.6) is 0 Å². The van der Waals surface area contributed by atoms with Gasteiger partial charge in [0, 0.05) is 11.9 Å². The lowest BCUT2D eigenvalue weighted by atomic mass is 10.2. The molecule has 0 saturated carbocycles. The molecule has 0 heterocycles. The maximum Gasteiger partial charge on any atom is 0.326 e. The fourth-order valence-electron chi connectivity index (χ4n) is 0.793. The van der Waals surface area contributed by atoms with Crippen LogP contribution >= 0.6 is 23.5 Å². The first-order valence-electron chi connectivity index (χ1n) is 3.77. The zero-order valence-electron chi connectivity index (χ0n) is 7.45. The zero-order chi connectivity index (χ0) is 9.84. The molecule has 0 aliphatic carbocycles. The van der Waals surface area contributed by atoms with Gasteiger partial charge in [0.25, 0.3) is 0 Å². The zero-order valence-corrected chi connectivity index (χ0v) is 9.02. The molecule has 1 aromatic rings. The van der Waals surface area contributed by atoms with Gasteiger partial charge in [0.2, 0.25) is 0 Å². The average Bonchev–Trinajstić information content (AvgIpc) is 2.08. The van der Waals surface area contributed by atoms with Crippen molar-refractivity contribution in [1.29, 1.82) is 0 Å². The second kappa shape index (κ2) is 4.53. The Labute approximate surface area is 87.0 Å². The molecule has 0 unspecified atom stereocenters. The summed E-state index contributed by atoms with van der Waals surface area (Å²) in [6.45, 7) is 2.02. The van der Waals surface area contributed by atoms with E-state index in [1.54, 1.807) is 7.05 Å². The van der Waals surface area contributed by atoms with E-state index in [-0.39, 0.29) is 0 Å². The van der Waals surface area contributed by atoms with Crippen LogP contribution in [0.4, 0.5) is 4.79 Å². The monoisotopic (exact) mass is 215 g/mol. The van der Waals surface area contributed by atoms with Gasteiger partial charge in [-0.3, -0.25) is 9.10 Å². The molecular formula is C9H10ClNOS. The molecule has 0 spiro atoms. The van der Waals surface area contributed by atoms with Gasteiger partial charge >= 0.3 is 5.37 Å². The Bertz CT molecular complexity index is 299. The molecule has 0 aliphatic heterocycles. The summed E-state index contributed by atoms with van der Waals surface area (Å²) in [5, 5.41) is -0.467. The van der Waals surface area contributed by atoms with E-state index in [9.17, 15) is 4.79 Å². The Morgan fingerprint density at radius 1 is 1.38 bits per heavy atom. The third-order valence-corrected chi connectivity index (χ3v) is 2.79. The lowest BCUT2D eigenvalue weighted by molar-refractivity contribution is 0.251. The van der Waals surface area contributed by atoms with Gasteiger partial charge in [-0.05, 0) is 42.6 Å². The van der Waals surface area contributed by atoms with Crippen LogP contribution < -0.4 is 0 Å². The van der Waals surface area contributed by atoms with Crippen LogP contribution in [0.15, 0.2) is 29.2 Å². The van der Waals surface area contributed by atoms with Gasteiger partial charge in [0.1, 0.15) is 0 Å². The van der Waals surface area contributed by atoms with Crippen molar-refractivity contribution in [2.75, 3.05) is 7.05 Å². The molecule has 0 aromatic heterocycles. The van der Waals surface area contributed by atoms with Crippen molar-refractivity contribution in [2.24, 2.45) is 0 Å². The Morgan fingerprint density at radius 2 is 1.92 bits per heavy atom. The molecule has 0 saturated heterocycles. The molecule has 1 rings (SSSR count). The summed E-state index contributed by atoms with van der Waals surface area (Å²) >= 11 is 6.59. The number of carbonyl (C=O) groups excluding carboxylic acids is 1. The van der Waals surface area contributed by atoms with Gasteiger partial charge in [0.05, 0.1) is 0 Å². The molecule has 1 amide bonds. The Kier molecular flexibility index (Phi) is 3.63. The van der Waals surface area contributed by atoms with Crippen LogP contribution in [0.1, 0.15) is 5.56 Å². The lowest BCUT2D eigenvalue weighted by Crippen LogP contribution is -2.10. The maximum absolute atomic E-state index is 10.7. The summed E-state index contributed by atoms with van der Waals surface area (Å²) in [5.41, 5.74) is 1.20. The van der Waals surface area contributed by atoms with E-state index < -0.39 is 5.37 Å². The highest BCUT2D eigenvalue weighted by Crippen LogP contribution is 2.22. The lowest BCUT2D eigenvalue weighted by Gasteiger charge is -2.11. The van der Waals surface area contributed by atoms with Crippen molar-refractivity contribution >= 4 is 28.9 Å². The van der Waals surface area contributed by atoms with Crippen molar-refractivity contribution in [2.45, 2.75) is 11.8 Å². The largest absolute Gasteiger partial charge is 0.326 e. The molecule has 2 nitrogen and oxygen atoms in total. The molecular weight excluding hydrogens is 206 g/mol. The number of rotatable bonds is 2. The Hall–Kier alpha value is -0.670. The van der Waals surface area contributed by atoms with Gasteiger partial charge in [-0.25, -0.2) is 0 Å². The average molecular weight is 216 g/mol. The van der Waals surface area contributed by atoms with Crippen molar-refractivity contribution in [3.05, 3.63) is 29.8 Å². The molecule has 0 radical (unpaired) electrons. The van der Waals surface area contributed by atoms with Crippen molar-refractivity contribution < 1.29 is 4.79 Å². The summed E-state index contributed by atoms with van der Waals surface area (Å²) in [5.74, 6) is 0. The Morgan fingerprint density at radius 3 is 2.38 bits per heavy atom. The van der Waals surface area contributed by atoms with E-state index in [0.717, 1.165) is 4.90 Å². The quantitative estimate of drug-likeness (QED) is 0.429. The maximum atomic E-state index is 10.7. The van der Waals surface area contributed by atoms with Gasteiger partial charge in [-0.15, -0.1) is 0 Å². The highest BCUT2D eigenvalue weighted by Gasteiger charge is 2.05. The number of carbonyl (C=O) groups is 1. The van der Waals surface area contributed by atoms with Gasteiger partial charge in [-0.1, -0.05) is 17.7 Å². The molecule has 0 aliphatic rings. The van der Waals surface area contributed by atoms with E-state index in [1.807, 2.05) is 31.2 Å². The van der Waals surface area contributed by atoms with Crippen LogP contribution in [0.25, 0.3) is 0 Å². The fraction of sp³-hybridized carbons (Fsp3) is 0.222. The Balaban J connectivity index is 2.64. The minimum absolute atomic E-state index is 0.467. The normalized spacial score (nSPS) is 9.77. The van der Waals surface area contributed by atoms with Crippen LogP contribution in [-0.4, -0.2) is 16.7 Å². The standard InChI is InChI=1S/C9H10ClNOS/c1-7-3-5-8(6-4-7)13-11(2)9(10)12/h3-6H,1-2H3. The molecule has 0 atom stereocenters. The molecule has 1 aromatic carbocycles. The fourth-order valence-corrected chi connectivity index (χ4v) is 1.54. The smallest absolute Gasteiger partial charge is 0.272 e. The van der Waals surface area contributed by atoms with Gasteiger partial charge < -0.3 is 0 Å². The summed E-state index contributed by atoms with van der Waals surface area (Å²) < 4.78 is 1.38. The number of hydrogen-bond acceptors (Lipinski definition) is 2. The van der Waals surface area contributed by atoms with E-state index in [0.29, 0.717) is 0 Å². The van der Waals surface area contributed by atoms with Crippen LogP contribution in [0, 0.1) is 6.92 Å². The number of amides is 1. The van der Waals surface area contributed by atoms with E-state index in [2.05, 4.69) is 0 Å². The summed E-state index contributed by atoms with van der Waals surface area (Å²) in [6, 6.07) is 7.90. The number of nitrogens with zero attached hydrogens (tertiary/aromatic N) is 1.